The van der Waals surface area contributed by atoms with Gasteiger partial charge >= 0.3 is 11.9 Å². The van der Waals surface area contributed by atoms with Crippen LogP contribution in [0.4, 0.5) is 18.9 Å². The van der Waals surface area contributed by atoms with Crippen molar-refractivity contribution >= 4 is 33.1 Å². The third kappa shape index (κ3) is 4.12. The summed E-state index contributed by atoms with van der Waals surface area (Å²) in [5.74, 6) is -1.02. The molecule has 3 aromatic rings. The minimum Gasteiger partial charge on any atom is -0.367 e. The standard InChI is InChI=1S/C19H19F3N6O3S/c1-26-17(30)14-12(25-18(26)31)8-10(32-14)9-27-4-6-28(7-5-27)13-3-2-11(16(23)29)24-15(13)19(20,21)22/h2-3,8H,4-7,9H2,1H3,(H2,23,29)(H,25,31). The predicted molar refractivity (Wildman–Crippen MR) is 113 cm³/mol. The number of thiophene rings is 1. The molecular weight excluding hydrogens is 449 g/mol. The van der Waals surface area contributed by atoms with E-state index in [1.54, 1.807) is 11.0 Å². The summed E-state index contributed by atoms with van der Waals surface area (Å²) >= 11 is 1.29. The van der Waals surface area contributed by atoms with E-state index in [2.05, 4.69) is 14.9 Å². The number of piperazine rings is 1. The van der Waals surface area contributed by atoms with Gasteiger partial charge in [0.2, 0.25) is 0 Å². The highest BCUT2D eigenvalue weighted by Gasteiger charge is 2.38. The van der Waals surface area contributed by atoms with Crippen LogP contribution < -0.4 is 21.9 Å². The maximum absolute atomic E-state index is 13.5. The van der Waals surface area contributed by atoms with Gasteiger partial charge in [0, 0.05) is 44.6 Å². The number of carbonyl (C=O) groups is 1. The van der Waals surface area contributed by atoms with E-state index >= 15 is 0 Å². The molecule has 0 radical (unpaired) electrons. The average molecular weight is 468 g/mol. The van der Waals surface area contributed by atoms with Gasteiger partial charge in [0.25, 0.3) is 11.5 Å². The summed E-state index contributed by atoms with van der Waals surface area (Å²) in [6.07, 6.45) is -4.72. The highest BCUT2D eigenvalue weighted by molar-refractivity contribution is 7.18. The van der Waals surface area contributed by atoms with Crippen molar-refractivity contribution in [3.05, 3.63) is 55.3 Å². The van der Waals surface area contributed by atoms with Crippen molar-refractivity contribution in [2.24, 2.45) is 12.8 Å². The molecule has 0 atom stereocenters. The number of nitrogens with zero attached hydrogens (tertiary/aromatic N) is 4. The lowest BCUT2D eigenvalue weighted by Crippen LogP contribution is -2.46. The Kier molecular flexibility index (Phi) is 5.54. The van der Waals surface area contributed by atoms with Gasteiger partial charge in [-0.1, -0.05) is 0 Å². The zero-order valence-corrected chi connectivity index (χ0v) is 17.7. The van der Waals surface area contributed by atoms with E-state index in [-0.39, 0.29) is 11.2 Å². The van der Waals surface area contributed by atoms with E-state index in [9.17, 15) is 27.6 Å². The zero-order valence-electron chi connectivity index (χ0n) is 16.9. The van der Waals surface area contributed by atoms with Crippen molar-refractivity contribution in [1.29, 1.82) is 0 Å². The fraction of sp³-hybridized carbons (Fsp3) is 0.368. The van der Waals surface area contributed by atoms with Crippen molar-refractivity contribution < 1.29 is 18.0 Å². The smallest absolute Gasteiger partial charge is 0.367 e. The Morgan fingerprint density at radius 3 is 2.53 bits per heavy atom. The third-order valence-corrected chi connectivity index (χ3v) is 6.42. The van der Waals surface area contributed by atoms with Crippen LogP contribution in [0.1, 0.15) is 21.1 Å². The molecule has 0 bridgehead atoms. The number of halogens is 3. The number of amides is 1. The Hall–Kier alpha value is -3.19. The molecule has 1 aliphatic heterocycles. The molecule has 0 saturated carbocycles. The molecule has 0 unspecified atom stereocenters. The van der Waals surface area contributed by atoms with E-state index < -0.39 is 29.2 Å². The first-order chi connectivity index (χ1) is 15.0. The SMILES string of the molecule is Cn1c(=O)[nH]c2cc(CN3CCN(c4ccc(C(N)=O)nc4C(F)(F)F)CC3)sc2c1=O. The molecule has 32 heavy (non-hydrogen) atoms. The maximum atomic E-state index is 13.5. The van der Waals surface area contributed by atoms with E-state index in [1.165, 1.54) is 30.5 Å². The summed E-state index contributed by atoms with van der Waals surface area (Å²) in [4.78, 5) is 45.9. The molecule has 1 amide bonds. The molecule has 0 spiro atoms. The second-order valence-electron chi connectivity index (χ2n) is 7.44. The summed E-state index contributed by atoms with van der Waals surface area (Å²) in [6, 6.07) is 4.17. The van der Waals surface area contributed by atoms with E-state index in [1.807, 2.05) is 0 Å². The minimum atomic E-state index is -4.72. The Bertz CT molecular complexity index is 1300. The lowest BCUT2D eigenvalue weighted by molar-refractivity contribution is -0.140. The summed E-state index contributed by atoms with van der Waals surface area (Å²) in [5.41, 5.74) is 3.03. The number of alkyl halides is 3. The van der Waals surface area contributed by atoms with Crippen LogP contribution in [0.2, 0.25) is 0 Å². The Labute approximate surface area is 182 Å². The first-order valence-corrected chi connectivity index (χ1v) is 10.4. The summed E-state index contributed by atoms with van der Waals surface area (Å²) in [6.45, 7) is 2.12. The quantitative estimate of drug-likeness (QED) is 0.593. The number of hydrogen-bond acceptors (Lipinski definition) is 7. The van der Waals surface area contributed by atoms with E-state index in [0.29, 0.717) is 42.9 Å². The number of aromatic nitrogens is 3. The normalized spacial score (nSPS) is 15.4. The molecular formula is C19H19F3N6O3S. The molecule has 4 rings (SSSR count). The Morgan fingerprint density at radius 1 is 1.22 bits per heavy atom. The number of nitrogens with two attached hydrogens (primary N) is 1. The first kappa shape index (κ1) is 22.0. The van der Waals surface area contributed by atoms with Gasteiger partial charge in [-0.3, -0.25) is 19.1 Å². The van der Waals surface area contributed by atoms with Gasteiger partial charge in [0.1, 0.15) is 10.4 Å². The summed E-state index contributed by atoms with van der Waals surface area (Å²) in [5, 5.41) is 0. The molecule has 3 aromatic heterocycles. The number of anilines is 1. The minimum absolute atomic E-state index is 0.0925. The molecule has 3 N–H and O–H groups in total. The number of hydrogen-bond donors (Lipinski definition) is 2. The van der Waals surface area contributed by atoms with Crippen LogP contribution in [-0.2, 0) is 19.8 Å². The molecule has 1 fully saturated rings. The Morgan fingerprint density at radius 2 is 1.91 bits per heavy atom. The largest absolute Gasteiger partial charge is 0.435 e. The van der Waals surface area contributed by atoms with Crippen LogP contribution in [0, 0.1) is 0 Å². The van der Waals surface area contributed by atoms with Gasteiger partial charge in [-0.15, -0.1) is 11.3 Å². The molecule has 1 aliphatic rings. The number of rotatable bonds is 4. The van der Waals surface area contributed by atoms with Crippen molar-refractivity contribution in [3.63, 3.8) is 0 Å². The number of H-pyrrole nitrogens is 1. The van der Waals surface area contributed by atoms with Gasteiger partial charge in [0.05, 0.1) is 11.2 Å². The molecule has 0 aliphatic carbocycles. The van der Waals surface area contributed by atoms with Crippen LogP contribution in [0.25, 0.3) is 10.2 Å². The van der Waals surface area contributed by atoms with Crippen LogP contribution in [0.15, 0.2) is 27.8 Å². The van der Waals surface area contributed by atoms with Crippen molar-refractivity contribution in [1.82, 2.24) is 19.4 Å². The number of fused-ring (bicyclic) bond motifs is 1. The fourth-order valence-corrected chi connectivity index (χ4v) is 4.77. The van der Waals surface area contributed by atoms with Crippen LogP contribution in [0.3, 0.4) is 0 Å². The average Bonchev–Trinajstić information content (AvgIpc) is 3.14. The highest BCUT2D eigenvalue weighted by atomic mass is 32.1. The zero-order chi connectivity index (χ0) is 23.2. The number of carbonyl (C=O) groups excluding carboxylic acids is 1. The highest BCUT2D eigenvalue weighted by Crippen LogP contribution is 2.36. The third-order valence-electron chi connectivity index (χ3n) is 5.32. The van der Waals surface area contributed by atoms with Crippen LogP contribution >= 0.6 is 11.3 Å². The second-order valence-corrected chi connectivity index (χ2v) is 8.58. The summed E-state index contributed by atoms with van der Waals surface area (Å²) < 4.78 is 42.0. The first-order valence-electron chi connectivity index (χ1n) is 9.61. The summed E-state index contributed by atoms with van der Waals surface area (Å²) in [7, 11) is 1.40. The Balaban J connectivity index is 1.50. The van der Waals surface area contributed by atoms with Crippen LogP contribution in [0.5, 0.6) is 0 Å². The molecule has 170 valence electrons. The van der Waals surface area contributed by atoms with E-state index in [0.717, 1.165) is 9.44 Å². The van der Waals surface area contributed by atoms with Crippen LogP contribution in [-0.4, -0.2) is 51.5 Å². The molecule has 0 aromatic carbocycles. The molecule has 1 saturated heterocycles. The predicted octanol–water partition coefficient (Wildman–Crippen LogP) is 1.12. The van der Waals surface area contributed by atoms with Crippen molar-refractivity contribution in [2.45, 2.75) is 12.7 Å². The van der Waals surface area contributed by atoms with Gasteiger partial charge in [-0.05, 0) is 18.2 Å². The monoisotopic (exact) mass is 468 g/mol. The number of pyridine rings is 1. The lowest BCUT2D eigenvalue weighted by atomic mass is 10.2. The molecule has 4 heterocycles. The topological polar surface area (TPSA) is 117 Å². The maximum Gasteiger partial charge on any atom is 0.435 e. The van der Waals surface area contributed by atoms with Gasteiger partial charge < -0.3 is 15.6 Å². The van der Waals surface area contributed by atoms with E-state index in [4.69, 9.17) is 5.73 Å². The second kappa shape index (κ2) is 8.06. The number of primary amides is 1. The number of aromatic amines is 1. The van der Waals surface area contributed by atoms with Gasteiger partial charge in [-0.25, -0.2) is 9.78 Å². The molecule has 13 heteroatoms. The van der Waals surface area contributed by atoms with Gasteiger partial charge in [-0.2, -0.15) is 13.2 Å². The lowest BCUT2D eigenvalue weighted by Gasteiger charge is -2.36. The number of nitrogens with one attached hydrogen (secondary N) is 1. The van der Waals surface area contributed by atoms with Crippen molar-refractivity contribution in [2.75, 3.05) is 31.1 Å². The fourth-order valence-electron chi connectivity index (χ4n) is 3.64. The molecule has 9 nitrogen and oxygen atoms in total. The van der Waals surface area contributed by atoms with Crippen molar-refractivity contribution in [3.8, 4) is 0 Å². The van der Waals surface area contributed by atoms with Gasteiger partial charge in [0.15, 0.2) is 5.69 Å².